The van der Waals surface area contributed by atoms with E-state index in [0.29, 0.717) is 35.7 Å². The molecule has 3 saturated carbocycles. The summed E-state index contributed by atoms with van der Waals surface area (Å²) in [5, 5.41) is 11.7. The Bertz CT molecular complexity index is 1270. The van der Waals surface area contributed by atoms with Gasteiger partial charge >= 0.3 is 0 Å². The maximum Gasteiger partial charge on any atom is 0.224 e. The Morgan fingerprint density at radius 2 is 1.72 bits per heavy atom. The first-order chi connectivity index (χ1) is 18.2. The smallest absolute Gasteiger partial charge is 0.224 e. The number of hydrogen-bond acceptors (Lipinski definition) is 4. The molecule has 39 heavy (non-hydrogen) atoms. The van der Waals surface area contributed by atoms with Gasteiger partial charge in [-0.1, -0.05) is 54.9 Å². The van der Waals surface area contributed by atoms with E-state index in [0.717, 1.165) is 67.2 Å². The van der Waals surface area contributed by atoms with Crippen LogP contribution in [0, 0.1) is 57.7 Å². The van der Waals surface area contributed by atoms with Crippen molar-refractivity contribution in [3.8, 4) is 0 Å². The van der Waals surface area contributed by atoms with Crippen LogP contribution in [0.2, 0.25) is 0 Å². The molecule has 0 radical (unpaired) electrons. The van der Waals surface area contributed by atoms with Crippen LogP contribution in [0.25, 0.3) is 0 Å². The molecule has 212 valence electrons. The minimum absolute atomic E-state index is 0.0375. The highest BCUT2D eigenvalue weighted by Gasteiger charge is 2.75. The number of fused-ring (bicyclic) bond motifs is 5. The Labute approximate surface area is 234 Å². The number of ketones is 3. The minimum Gasteiger partial charge on any atom is -0.504 e. The molecule has 6 aliphatic rings. The van der Waals surface area contributed by atoms with Gasteiger partial charge in [-0.05, 0) is 103 Å². The quantitative estimate of drug-likeness (QED) is 0.380. The van der Waals surface area contributed by atoms with Gasteiger partial charge in [0.1, 0.15) is 5.78 Å². The number of Topliss-reactive ketones (excluding diaryl/α,β-unsaturated/α-hetero) is 3. The van der Waals surface area contributed by atoms with Crippen molar-refractivity contribution in [2.24, 2.45) is 57.7 Å². The first-order valence-corrected chi connectivity index (χ1v) is 15.7. The van der Waals surface area contributed by atoms with Crippen LogP contribution in [-0.2, 0) is 14.4 Å². The molecule has 0 amide bonds. The van der Waals surface area contributed by atoms with Crippen molar-refractivity contribution in [2.45, 2.75) is 107 Å². The number of carbonyl (C=O) groups excluding carboxylic acids is 3. The average molecular weight is 533 g/mol. The fourth-order valence-corrected chi connectivity index (χ4v) is 10.9. The third kappa shape index (κ3) is 3.38. The molecule has 0 aliphatic heterocycles. The Morgan fingerprint density at radius 3 is 2.33 bits per heavy atom. The van der Waals surface area contributed by atoms with Crippen molar-refractivity contribution >= 4 is 17.3 Å². The van der Waals surface area contributed by atoms with Crippen LogP contribution in [-0.4, -0.2) is 22.5 Å². The maximum absolute atomic E-state index is 15.0. The van der Waals surface area contributed by atoms with E-state index in [4.69, 9.17) is 0 Å². The van der Waals surface area contributed by atoms with Gasteiger partial charge in [-0.3, -0.25) is 9.59 Å². The molecule has 0 heterocycles. The number of rotatable bonds is 6. The van der Waals surface area contributed by atoms with Crippen LogP contribution < -0.4 is 0 Å². The molecule has 0 aromatic carbocycles. The maximum atomic E-state index is 15.0. The second kappa shape index (κ2) is 8.52. The second-order valence-electron chi connectivity index (χ2n) is 15.6. The SMILES string of the molecule is CC(=O)CC[C@@H](C(C)C)C1C2CC[C@@]3(C(=O)C4=C5C(=C(O)C(=O)C(C(C)C)=C53)C3(C)CCCC(C)(C)C3C4)C21. The lowest BCUT2D eigenvalue weighted by Gasteiger charge is -2.55. The molecule has 7 atom stereocenters. The lowest BCUT2D eigenvalue weighted by molar-refractivity contribution is -0.124. The normalized spacial score (nSPS) is 39.1. The van der Waals surface area contributed by atoms with Crippen LogP contribution in [0.4, 0.5) is 0 Å². The number of aliphatic hydroxyl groups excluding tert-OH is 1. The largest absolute Gasteiger partial charge is 0.504 e. The van der Waals surface area contributed by atoms with E-state index in [1.807, 2.05) is 13.8 Å². The fourth-order valence-electron chi connectivity index (χ4n) is 10.9. The molecule has 0 saturated heterocycles. The van der Waals surface area contributed by atoms with Crippen molar-refractivity contribution in [1.82, 2.24) is 0 Å². The second-order valence-corrected chi connectivity index (χ2v) is 15.6. The molecule has 4 heteroatoms. The third-order valence-corrected chi connectivity index (χ3v) is 12.5. The van der Waals surface area contributed by atoms with E-state index in [-0.39, 0.29) is 51.7 Å². The predicted octanol–water partition coefficient (Wildman–Crippen LogP) is 7.73. The van der Waals surface area contributed by atoms with E-state index in [1.54, 1.807) is 6.92 Å². The van der Waals surface area contributed by atoms with Gasteiger partial charge in [0.25, 0.3) is 0 Å². The van der Waals surface area contributed by atoms with Crippen molar-refractivity contribution in [3.63, 3.8) is 0 Å². The molecule has 0 bridgehead atoms. The lowest BCUT2D eigenvalue weighted by atomic mass is 9.48. The minimum atomic E-state index is -0.626. The van der Waals surface area contributed by atoms with Crippen LogP contribution >= 0.6 is 0 Å². The molecular weight excluding hydrogens is 484 g/mol. The van der Waals surface area contributed by atoms with Gasteiger partial charge in [-0.2, -0.15) is 0 Å². The molecule has 0 aromatic rings. The topological polar surface area (TPSA) is 71.4 Å². The van der Waals surface area contributed by atoms with Crippen molar-refractivity contribution in [2.75, 3.05) is 0 Å². The van der Waals surface area contributed by atoms with Crippen molar-refractivity contribution in [3.05, 3.63) is 33.6 Å². The molecule has 5 unspecified atom stereocenters. The molecule has 6 aliphatic carbocycles. The van der Waals surface area contributed by atoms with Crippen LogP contribution in [0.15, 0.2) is 33.6 Å². The van der Waals surface area contributed by atoms with Gasteiger partial charge < -0.3 is 9.90 Å². The highest BCUT2D eigenvalue weighted by atomic mass is 16.3. The summed E-state index contributed by atoms with van der Waals surface area (Å²) in [4.78, 5) is 41.0. The summed E-state index contributed by atoms with van der Waals surface area (Å²) in [7, 11) is 0. The zero-order valence-electron chi connectivity index (χ0n) is 25.4. The van der Waals surface area contributed by atoms with Gasteiger partial charge in [0, 0.05) is 28.6 Å². The standard InChI is InChI=1S/C35H48O4/c1-17(2)20(11-10-19(5)36)25-21-12-15-35(27(21)25)28-24(18(3)4)30(37)31(38)29-26(28)22(32(35)39)16-23-33(6,7)13-9-14-34(23,29)8/h17-18,20-21,23,25,27,38H,9-16H2,1-8H3/t20-,21?,23?,25?,27?,34?,35+/m0/s1. The molecule has 3 fully saturated rings. The molecule has 1 N–H and O–H groups in total. The van der Waals surface area contributed by atoms with Gasteiger partial charge in [0.05, 0.1) is 5.41 Å². The molecule has 4 nitrogen and oxygen atoms in total. The molecule has 0 aromatic heterocycles. The fraction of sp³-hybridized carbons (Fsp3) is 0.743. The van der Waals surface area contributed by atoms with E-state index in [1.165, 1.54) is 0 Å². The monoisotopic (exact) mass is 532 g/mol. The zero-order chi connectivity index (χ0) is 28.4. The highest BCUT2D eigenvalue weighted by Crippen LogP contribution is 2.78. The van der Waals surface area contributed by atoms with E-state index in [2.05, 4.69) is 34.6 Å². The number of aliphatic hydroxyl groups is 1. The molecular formula is C35H48O4. The average Bonchev–Trinajstić information content (AvgIpc) is 3.32. The van der Waals surface area contributed by atoms with Gasteiger partial charge in [-0.25, -0.2) is 0 Å². The first-order valence-electron chi connectivity index (χ1n) is 15.7. The van der Waals surface area contributed by atoms with Gasteiger partial charge in [-0.15, -0.1) is 0 Å². The predicted molar refractivity (Wildman–Crippen MR) is 153 cm³/mol. The molecule has 1 spiro atoms. The van der Waals surface area contributed by atoms with Crippen LogP contribution in [0.5, 0.6) is 0 Å². The Kier molecular flexibility index (Phi) is 5.95. The summed E-state index contributed by atoms with van der Waals surface area (Å²) in [6, 6.07) is 0. The number of hydrogen-bond donors (Lipinski definition) is 1. The highest BCUT2D eigenvalue weighted by molar-refractivity contribution is 6.18. The van der Waals surface area contributed by atoms with Crippen LogP contribution in [0.3, 0.4) is 0 Å². The number of allylic oxidation sites excluding steroid dienone is 5. The van der Waals surface area contributed by atoms with Crippen molar-refractivity contribution < 1.29 is 19.5 Å². The van der Waals surface area contributed by atoms with Gasteiger partial charge in [0.15, 0.2) is 11.5 Å². The van der Waals surface area contributed by atoms with Gasteiger partial charge in [0.2, 0.25) is 5.78 Å². The van der Waals surface area contributed by atoms with Crippen molar-refractivity contribution in [1.29, 1.82) is 0 Å². The molecule has 6 rings (SSSR count). The number of carbonyl (C=O) groups is 3. The Balaban J connectivity index is 1.53. The third-order valence-electron chi connectivity index (χ3n) is 12.5. The summed E-state index contributed by atoms with van der Waals surface area (Å²) in [6.45, 7) is 17.2. The zero-order valence-corrected chi connectivity index (χ0v) is 25.4. The Morgan fingerprint density at radius 1 is 1.03 bits per heavy atom. The Hall–Kier alpha value is -1.97. The summed E-state index contributed by atoms with van der Waals surface area (Å²) in [5.74, 6) is 2.41. The van der Waals surface area contributed by atoms with E-state index < -0.39 is 5.41 Å². The summed E-state index contributed by atoms with van der Waals surface area (Å²) in [6.07, 6.45) is 7.22. The summed E-state index contributed by atoms with van der Waals surface area (Å²) >= 11 is 0. The van der Waals surface area contributed by atoms with E-state index in [9.17, 15) is 19.5 Å². The summed E-state index contributed by atoms with van der Waals surface area (Å²) in [5.41, 5.74) is 3.57. The van der Waals surface area contributed by atoms with Crippen LogP contribution in [0.1, 0.15) is 107 Å². The lowest BCUT2D eigenvalue weighted by Crippen LogP contribution is -2.47. The van der Waals surface area contributed by atoms with E-state index >= 15 is 0 Å². The first kappa shape index (κ1) is 27.2. The summed E-state index contributed by atoms with van der Waals surface area (Å²) < 4.78 is 0.